The molecular formula is C21H20N. The maximum absolute atomic E-state index is 4.58. The first-order valence-corrected chi connectivity index (χ1v) is 7.57. The van der Waals surface area contributed by atoms with Crippen LogP contribution in [0, 0.1) is 6.07 Å². The zero-order valence-electron chi connectivity index (χ0n) is 13.3. The number of pyridine rings is 1. The molecule has 1 aromatic heterocycles. The molecule has 1 radical (unpaired) electrons. The van der Waals surface area contributed by atoms with E-state index in [4.69, 9.17) is 0 Å². The summed E-state index contributed by atoms with van der Waals surface area (Å²) in [7, 11) is 0. The van der Waals surface area contributed by atoms with Gasteiger partial charge in [-0.2, -0.15) is 0 Å². The van der Waals surface area contributed by atoms with E-state index in [1.54, 1.807) is 0 Å². The van der Waals surface area contributed by atoms with Crippen molar-refractivity contribution < 1.29 is 0 Å². The van der Waals surface area contributed by atoms with E-state index in [2.05, 4.69) is 74.3 Å². The van der Waals surface area contributed by atoms with Crippen LogP contribution in [-0.4, -0.2) is 4.98 Å². The van der Waals surface area contributed by atoms with Crippen LogP contribution in [0.2, 0.25) is 0 Å². The summed E-state index contributed by atoms with van der Waals surface area (Å²) in [5, 5.41) is 0. The summed E-state index contributed by atoms with van der Waals surface area (Å²) < 4.78 is 0. The van der Waals surface area contributed by atoms with Crippen LogP contribution in [0.3, 0.4) is 0 Å². The summed E-state index contributed by atoms with van der Waals surface area (Å²) in [6.45, 7) is 6.69. The molecule has 0 saturated carbocycles. The lowest BCUT2D eigenvalue weighted by Crippen LogP contribution is -2.10. The Morgan fingerprint density at radius 2 is 1.55 bits per heavy atom. The Morgan fingerprint density at radius 1 is 0.818 bits per heavy atom. The van der Waals surface area contributed by atoms with Gasteiger partial charge in [-0.25, -0.2) is 0 Å². The molecule has 2 aromatic carbocycles. The predicted octanol–water partition coefficient (Wildman–Crippen LogP) is 5.51. The van der Waals surface area contributed by atoms with Gasteiger partial charge in [0.1, 0.15) is 0 Å². The maximum atomic E-state index is 4.58. The first kappa shape index (κ1) is 14.5. The van der Waals surface area contributed by atoms with Crippen LogP contribution in [0.25, 0.3) is 22.4 Å². The van der Waals surface area contributed by atoms with E-state index in [-0.39, 0.29) is 5.41 Å². The maximum Gasteiger partial charge on any atom is 0.0702 e. The lowest BCUT2D eigenvalue weighted by atomic mass is 9.86. The molecule has 0 aliphatic carbocycles. The number of hydrogen-bond donors (Lipinski definition) is 0. The van der Waals surface area contributed by atoms with Crippen LogP contribution < -0.4 is 0 Å². The van der Waals surface area contributed by atoms with Crippen LogP contribution in [0.1, 0.15) is 26.3 Å². The first-order valence-electron chi connectivity index (χ1n) is 7.57. The summed E-state index contributed by atoms with van der Waals surface area (Å²) in [6.07, 6.45) is 1.94. The average molecular weight is 286 g/mol. The number of hydrogen-bond acceptors (Lipinski definition) is 1. The summed E-state index contributed by atoms with van der Waals surface area (Å²) >= 11 is 0. The Morgan fingerprint density at radius 3 is 2.09 bits per heavy atom. The summed E-state index contributed by atoms with van der Waals surface area (Å²) in [5.74, 6) is 0. The fraction of sp³-hybridized carbons (Fsp3) is 0.190. The summed E-state index contributed by atoms with van der Waals surface area (Å²) in [6, 6.07) is 23.9. The van der Waals surface area contributed by atoms with Crippen molar-refractivity contribution in [1.29, 1.82) is 0 Å². The summed E-state index contributed by atoms with van der Waals surface area (Å²) in [5.41, 5.74) is 5.95. The van der Waals surface area contributed by atoms with Gasteiger partial charge in [-0.05, 0) is 34.7 Å². The van der Waals surface area contributed by atoms with Crippen LogP contribution >= 0.6 is 0 Å². The standard InChI is InChI=1S/C21H20N/c1-21(2,3)19-12-9-16(10-13-19)18-11-14-20(22-15-18)17-7-5-4-6-8-17/h4-5,7-15H,1-3H3. The third kappa shape index (κ3) is 3.09. The van der Waals surface area contributed by atoms with Crippen LogP contribution in [-0.2, 0) is 5.41 Å². The van der Waals surface area contributed by atoms with E-state index in [1.807, 2.05) is 24.4 Å². The van der Waals surface area contributed by atoms with Crippen molar-refractivity contribution >= 4 is 0 Å². The van der Waals surface area contributed by atoms with Gasteiger partial charge in [0.2, 0.25) is 0 Å². The molecule has 0 atom stereocenters. The van der Waals surface area contributed by atoms with Crippen molar-refractivity contribution in [2.24, 2.45) is 0 Å². The quantitative estimate of drug-likeness (QED) is 0.605. The lowest BCUT2D eigenvalue weighted by Gasteiger charge is -2.19. The van der Waals surface area contributed by atoms with Gasteiger partial charge in [-0.3, -0.25) is 4.98 Å². The minimum atomic E-state index is 0.185. The third-order valence-corrected chi connectivity index (χ3v) is 3.85. The van der Waals surface area contributed by atoms with Gasteiger partial charge in [-0.15, -0.1) is 0 Å². The Kier molecular flexibility index (Phi) is 3.81. The minimum Gasteiger partial charge on any atom is -0.256 e. The first-order chi connectivity index (χ1) is 10.5. The molecule has 0 spiro atoms. The molecule has 0 bridgehead atoms. The van der Waals surface area contributed by atoms with Crippen molar-refractivity contribution in [2.75, 3.05) is 0 Å². The van der Waals surface area contributed by atoms with Crippen molar-refractivity contribution in [3.8, 4) is 22.4 Å². The molecule has 1 heteroatoms. The van der Waals surface area contributed by atoms with E-state index in [0.29, 0.717) is 0 Å². The van der Waals surface area contributed by atoms with Gasteiger partial charge in [-0.1, -0.05) is 69.3 Å². The van der Waals surface area contributed by atoms with E-state index in [0.717, 1.165) is 16.8 Å². The van der Waals surface area contributed by atoms with E-state index in [1.165, 1.54) is 11.1 Å². The van der Waals surface area contributed by atoms with Crippen molar-refractivity contribution in [3.63, 3.8) is 0 Å². The van der Waals surface area contributed by atoms with Gasteiger partial charge >= 0.3 is 0 Å². The molecule has 0 unspecified atom stereocenters. The largest absolute Gasteiger partial charge is 0.256 e. The molecular weight excluding hydrogens is 266 g/mol. The molecule has 109 valence electrons. The fourth-order valence-corrected chi connectivity index (χ4v) is 2.45. The van der Waals surface area contributed by atoms with Gasteiger partial charge in [0.05, 0.1) is 5.69 Å². The Labute approximate surface area is 132 Å². The number of benzene rings is 2. The molecule has 0 aliphatic rings. The highest BCUT2D eigenvalue weighted by atomic mass is 14.7. The Balaban J connectivity index is 1.87. The van der Waals surface area contributed by atoms with Crippen molar-refractivity contribution in [2.45, 2.75) is 26.2 Å². The lowest BCUT2D eigenvalue weighted by molar-refractivity contribution is 0.590. The Hall–Kier alpha value is -2.41. The van der Waals surface area contributed by atoms with Crippen LogP contribution in [0.4, 0.5) is 0 Å². The minimum absolute atomic E-state index is 0.185. The number of aromatic nitrogens is 1. The Bertz CT molecular complexity index is 733. The monoisotopic (exact) mass is 286 g/mol. The van der Waals surface area contributed by atoms with Gasteiger partial charge < -0.3 is 0 Å². The van der Waals surface area contributed by atoms with Gasteiger partial charge in [0.25, 0.3) is 0 Å². The molecule has 22 heavy (non-hydrogen) atoms. The fourth-order valence-electron chi connectivity index (χ4n) is 2.45. The molecule has 3 rings (SSSR count). The second-order valence-corrected chi connectivity index (χ2v) is 6.55. The van der Waals surface area contributed by atoms with Crippen molar-refractivity contribution in [1.82, 2.24) is 4.98 Å². The average Bonchev–Trinajstić information content (AvgIpc) is 2.55. The molecule has 0 amide bonds. The summed E-state index contributed by atoms with van der Waals surface area (Å²) in [4.78, 5) is 4.58. The molecule has 1 nitrogen and oxygen atoms in total. The van der Waals surface area contributed by atoms with Crippen molar-refractivity contribution in [3.05, 3.63) is 78.5 Å². The zero-order chi connectivity index (χ0) is 15.6. The second-order valence-electron chi connectivity index (χ2n) is 6.55. The molecule has 1 heterocycles. The third-order valence-electron chi connectivity index (χ3n) is 3.85. The highest BCUT2D eigenvalue weighted by Gasteiger charge is 2.13. The molecule has 3 aromatic rings. The molecule has 0 N–H and O–H groups in total. The van der Waals surface area contributed by atoms with E-state index >= 15 is 0 Å². The van der Waals surface area contributed by atoms with E-state index in [9.17, 15) is 0 Å². The number of nitrogens with zero attached hydrogens (tertiary/aromatic N) is 1. The van der Waals surface area contributed by atoms with Gasteiger partial charge in [0, 0.05) is 17.3 Å². The smallest absolute Gasteiger partial charge is 0.0702 e. The highest BCUT2D eigenvalue weighted by Crippen LogP contribution is 2.26. The van der Waals surface area contributed by atoms with Crippen LogP contribution in [0.5, 0.6) is 0 Å². The highest BCUT2D eigenvalue weighted by molar-refractivity contribution is 5.67. The van der Waals surface area contributed by atoms with Crippen LogP contribution in [0.15, 0.2) is 66.9 Å². The molecule has 0 aliphatic heterocycles. The predicted molar refractivity (Wildman–Crippen MR) is 92.6 cm³/mol. The van der Waals surface area contributed by atoms with E-state index < -0.39 is 0 Å². The topological polar surface area (TPSA) is 12.9 Å². The SMILES string of the molecule is CC(C)(C)c1ccc(-c2ccc(-c3c[c]ccc3)nc2)cc1. The van der Waals surface area contributed by atoms with Gasteiger partial charge in [0.15, 0.2) is 0 Å². The normalized spacial score (nSPS) is 11.4. The number of rotatable bonds is 2. The zero-order valence-corrected chi connectivity index (χ0v) is 13.3. The molecule has 0 saturated heterocycles. The molecule has 0 fully saturated rings. The second kappa shape index (κ2) is 5.76.